The third-order valence-electron chi connectivity index (χ3n) is 5.97. The molecule has 5 amide bonds. The first-order valence-electron chi connectivity index (χ1n) is 12.6. The smallest absolute Gasteiger partial charge is 0.335 e. The molecule has 3 aromatic carbocycles. The van der Waals surface area contributed by atoms with E-state index in [1.807, 2.05) is 32.0 Å². The molecule has 3 aromatic rings. The van der Waals surface area contributed by atoms with E-state index in [4.69, 9.17) is 14.2 Å². The van der Waals surface area contributed by atoms with Crippen LogP contribution >= 0.6 is 0 Å². The summed E-state index contributed by atoms with van der Waals surface area (Å²) in [6.07, 6.45) is 2.11. The van der Waals surface area contributed by atoms with Crippen molar-refractivity contribution in [3.63, 3.8) is 0 Å². The number of amides is 5. The van der Waals surface area contributed by atoms with Crippen molar-refractivity contribution in [2.24, 2.45) is 0 Å². The maximum Gasteiger partial charge on any atom is 0.335 e. The van der Waals surface area contributed by atoms with Gasteiger partial charge in [0.25, 0.3) is 17.7 Å². The van der Waals surface area contributed by atoms with Gasteiger partial charge in [0.1, 0.15) is 11.3 Å². The SMILES string of the molecule is CCCOc1ccc(N2C(=O)NC(=O)/C(=C/c3ccccc3OCC(=O)Nc3ccccc3C)C2=O)cc1OC. The number of urea groups is 1. The number of aryl methyl sites for hydroxylation is 1. The Hall–Kier alpha value is -5.12. The fourth-order valence-corrected chi connectivity index (χ4v) is 3.95. The first kappa shape index (κ1) is 27.9. The van der Waals surface area contributed by atoms with Gasteiger partial charge in [-0.1, -0.05) is 43.3 Å². The van der Waals surface area contributed by atoms with Crippen LogP contribution in [0.5, 0.6) is 17.2 Å². The maximum absolute atomic E-state index is 13.4. The summed E-state index contributed by atoms with van der Waals surface area (Å²) in [7, 11) is 1.45. The van der Waals surface area contributed by atoms with E-state index in [1.54, 1.807) is 36.4 Å². The second-order valence-electron chi connectivity index (χ2n) is 8.83. The van der Waals surface area contributed by atoms with E-state index in [-0.39, 0.29) is 29.5 Å². The van der Waals surface area contributed by atoms with Crippen LogP contribution in [-0.2, 0) is 14.4 Å². The van der Waals surface area contributed by atoms with Gasteiger partial charge in [0.05, 0.1) is 19.4 Å². The van der Waals surface area contributed by atoms with E-state index < -0.39 is 17.8 Å². The number of para-hydroxylation sites is 2. The average Bonchev–Trinajstić information content (AvgIpc) is 2.95. The minimum absolute atomic E-state index is 0.194. The van der Waals surface area contributed by atoms with Crippen LogP contribution in [0.25, 0.3) is 6.08 Å². The predicted molar refractivity (Wildman–Crippen MR) is 150 cm³/mol. The minimum atomic E-state index is -0.895. The van der Waals surface area contributed by atoms with Crippen molar-refractivity contribution < 1.29 is 33.4 Å². The van der Waals surface area contributed by atoms with Crippen LogP contribution < -0.4 is 29.7 Å². The van der Waals surface area contributed by atoms with Gasteiger partial charge in [0.2, 0.25) is 0 Å². The zero-order chi connectivity index (χ0) is 28.6. The van der Waals surface area contributed by atoms with Gasteiger partial charge >= 0.3 is 6.03 Å². The average molecular weight is 544 g/mol. The Morgan fingerprint density at radius 3 is 2.45 bits per heavy atom. The highest BCUT2D eigenvalue weighted by atomic mass is 16.5. The van der Waals surface area contributed by atoms with E-state index in [0.717, 1.165) is 16.9 Å². The van der Waals surface area contributed by atoms with E-state index >= 15 is 0 Å². The molecule has 1 heterocycles. The van der Waals surface area contributed by atoms with Crippen molar-refractivity contribution in [2.45, 2.75) is 20.3 Å². The number of hydrogen-bond donors (Lipinski definition) is 2. The number of carbonyl (C=O) groups is 4. The highest BCUT2D eigenvalue weighted by molar-refractivity contribution is 6.39. The summed E-state index contributed by atoms with van der Waals surface area (Å²) in [4.78, 5) is 52.1. The lowest BCUT2D eigenvalue weighted by atomic mass is 10.1. The number of ether oxygens (including phenoxy) is 3. The van der Waals surface area contributed by atoms with Crippen molar-refractivity contribution in [3.05, 3.63) is 83.4 Å². The lowest BCUT2D eigenvalue weighted by Crippen LogP contribution is -2.54. The van der Waals surface area contributed by atoms with Crippen LogP contribution in [0.4, 0.5) is 16.2 Å². The topological polar surface area (TPSA) is 123 Å². The molecule has 206 valence electrons. The van der Waals surface area contributed by atoms with Gasteiger partial charge in [0, 0.05) is 17.3 Å². The molecule has 0 aromatic heterocycles. The number of carbonyl (C=O) groups excluding carboxylic acids is 4. The normalized spacial score (nSPS) is 14.1. The van der Waals surface area contributed by atoms with Crippen LogP contribution in [0.2, 0.25) is 0 Å². The summed E-state index contributed by atoms with van der Waals surface area (Å²) in [6, 6.07) is 17.7. The Labute approximate surface area is 231 Å². The first-order valence-corrected chi connectivity index (χ1v) is 12.6. The molecule has 40 heavy (non-hydrogen) atoms. The second kappa shape index (κ2) is 12.6. The molecule has 0 radical (unpaired) electrons. The first-order chi connectivity index (χ1) is 19.3. The molecule has 1 fully saturated rings. The maximum atomic E-state index is 13.4. The molecular weight excluding hydrogens is 514 g/mol. The summed E-state index contributed by atoms with van der Waals surface area (Å²) >= 11 is 0. The number of anilines is 2. The van der Waals surface area contributed by atoms with E-state index in [0.29, 0.717) is 29.4 Å². The van der Waals surface area contributed by atoms with Crippen LogP contribution in [0, 0.1) is 6.92 Å². The molecule has 10 heteroatoms. The summed E-state index contributed by atoms with van der Waals surface area (Å²) in [5.41, 5.74) is 1.86. The van der Waals surface area contributed by atoms with Crippen LogP contribution in [0.1, 0.15) is 24.5 Å². The van der Waals surface area contributed by atoms with E-state index in [1.165, 1.54) is 25.3 Å². The number of nitrogens with one attached hydrogen (secondary N) is 2. The Kier molecular flexibility index (Phi) is 8.80. The van der Waals surface area contributed by atoms with Crippen molar-refractivity contribution in [2.75, 3.05) is 30.5 Å². The number of nitrogens with zero attached hydrogens (tertiary/aromatic N) is 1. The number of barbiturate groups is 1. The Balaban J connectivity index is 1.56. The molecule has 10 nitrogen and oxygen atoms in total. The molecule has 1 aliphatic heterocycles. The number of benzene rings is 3. The molecule has 0 aliphatic carbocycles. The lowest BCUT2D eigenvalue weighted by Gasteiger charge is -2.27. The largest absolute Gasteiger partial charge is 0.493 e. The van der Waals surface area contributed by atoms with Gasteiger partial charge in [-0.3, -0.25) is 19.7 Å². The fraction of sp³-hybridized carbons (Fsp3) is 0.200. The third kappa shape index (κ3) is 6.29. The molecule has 2 N–H and O–H groups in total. The monoisotopic (exact) mass is 543 g/mol. The zero-order valence-corrected chi connectivity index (χ0v) is 22.4. The van der Waals surface area contributed by atoms with Crippen molar-refractivity contribution in [3.8, 4) is 17.2 Å². The van der Waals surface area contributed by atoms with Gasteiger partial charge in [-0.2, -0.15) is 0 Å². The molecular formula is C30H29N3O7. The molecule has 0 saturated carbocycles. The van der Waals surface area contributed by atoms with Gasteiger partial charge in [-0.15, -0.1) is 0 Å². The Bertz CT molecular complexity index is 1480. The highest BCUT2D eigenvalue weighted by Gasteiger charge is 2.37. The minimum Gasteiger partial charge on any atom is -0.493 e. The van der Waals surface area contributed by atoms with Crippen LogP contribution in [-0.4, -0.2) is 44.1 Å². The number of hydrogen-bond acceptors (Lipinski definition) is 7. The lowest BCUT2D eigenvalue weighted by molar-refractivity contribution is -0.122. The molecule has 0 unspecified atom stereocenters. The quantitative estimate of drug-likeness (QED) is 0.286. The third-order valence-corrected chi connectivity index (χ3v) is 5.97. The van der Waals surface area contributed by atoms with Gasteiger partial charge in [-0.05, 0) is 49.2 Å². The fourth-order valence-electron chi connectivity index (χ4n) is 3.95. The predicted octanol–water partition coefficient (Wildman–Crippen LogP) is 4.48. The summed E-state index contributed by atoms with van der Waals surface area (Å²) < 4.78 is 16.7. The van der Waals surface area contributed by atoms with Crippen molar-refractivity contribution >= 4 is 41.2 Å². The highest BCUT2D eigenvalue weighted by Crippen LogP contribution is 2.33. The molecule has 1 saturated heterocycles. The Morgan fingerprint density at radius 1 is 0.950 bits per heavy atom. The molecule has 0 atom stereocenters. The molecule has 0 spiro atoms. The number of rotatable bonds is 10. The molecule has 1 aliphatic rings. The summed E-state index contributed by atoms with van der Waals surface area (Å²) in [5.74, 6) is -0.990. The van der Waals surface area contributed by atoms with Gasteiger partial charge < -0.3 is 19.5 Å². The standard InChI is InChI=1S/C30H29N3O7/c1-4-15-39-25-14-13-21(17-26(25)38-3)33-29(36)22(28(35)32-30(33)37)16-20-10-6-8-12-24(20)40-18-27(34)31-23-11-7-5-9-19(23)2/h5-14,16-17H,4,15,18H2,1-3H3,(H,31,34)(H,32,35,37)/b22-16-. The van der Waals surface area contributed by atoms with Crippen molar-refractivity contribution in [1.82, 2.24) is 5.32 Å². The Morgan fingerprint density at radius 2 is 1.70 bits per heavy atom. The molecule has 4 rings (SSSR count). The van der Waals surface area contributed by atoms with Gasteiger partial charge in [-0.25, -0.2) is 9.69 Å². The van der Waals surface area contributed by atoms with Crippen molar-refractivity contribution in [1.29, 1.82) is 0 Å². The number of imide groups is 2. The van der Waals surface area contributed by atoms with Crippen LogP contribution in [0.15, 0.2) is 72.3 Å². The van der Waals surface area contributed by atoms with Gasteiger partial charge in [0.15, 0.2) is 18.1 Å². The zero-order valence-electron chi connectivity index (χ0n) is 22.4. The number of methoxy groups -OCH3 is 1. The van der Waals surface area contributed by atoms with Crippen LogP contribution in [0.3, 0.4) is 0 Å². The molecule has 0 bridgehead atoms. The summed E-state index contributed by atoms with van der Waals surface area (Å²) in [5, 5.41) is 4.99. The van der Waals surface area contributed by atoms with E-state index in [9.17, 15) is 19.2 Å². The second-order valence-corrected chi connectivity index (χ2v) is 8.83. The summed E-state index contributed by atoms with van der Waals surface area (Å²) in [6.45, 7) is 4.01. The van der Waals surface area contributed by atoms with E-state index in [2.05, 4.69) is 10.6 Å².